The quantitative estimate of drug-likeness (QED) is 0.346. The first-order valence-corrected chi connectivity index (χ1v) is 13.0. The molecule has 0 bridgehead atoms. The molecule has 0 spiro atoms. The lowest BCUT2D eigenvalue weighted by molar-refractivity contribution is -0.122. The van der Waals surface area contributed by atoms with Crippen molar-refractivity contribution in [2.24, 2.45) is 0 Å². The van der Waals surface area contributed by atoms with Crippen LogP contribution >= 0.6 is 24.0 Å². The first kappa shape index (κ1) is 23.6. The van der Waals surface area contributed by atoms with Crippen LogP contribution in [0.5, 0.6) is 5.75 Å². The Morgan fingerprint density at radius 3 is 2.46 bits per heavy atom. The van der Waals surface area contributed by atoms with Gasteiger partial charge in [0.1, 0.15) is 10.1 Å². The number of aromatic nitrogens is 1. The van der Waals surface area contributed by atoms with Crippen LogP contribution < -0.4 is 15.2 Å². The number of carbonyl (C=O) groups excluding carboxylic acids is 1. The summed E-state index contributed by atoms with van der Waals surface area (Å²) in [5, 5.41) is 1.04. The molecular weight excluding hydrogens is 478 g/mol. The third kappa shape index (κ3) is 4.36. The summed E-state index contributed by atoms with van der Waals surface area (Å²) in [7, 11) is 1.62. The van der Waals surface area contributed by atoms with Gasteiger partial charge in [-0.1, -0.05) is 54.3 Å². The number of pyridine rings is 1. The topological polar surface area (TPSA) is 54.8 Å². The van der Waals surface area contributed by atoms with E-state index >= 15 is 0 Å². The number of aryl methyl sites for hydroxylation is 1. The average molecular weight is 506 g/mol. The van der Waals surface area contributed by atoms with Crippen LogP contribution in [0.25, 0.3) is 17.0 Å². The number of rotatable bonds is 6. The molecule has 0 N–H and O–H groups in total. The Kier molecular flexibility index (Phi) is 6.67. The van der Waals surface area contributed by atoms with Gasteiger partial charge in [0, 0.05) is 25.0 Å². The maximum atomic E-state index is 13.7. The van der Waals surface area contributed by atoms with Crippen molar-refractivity contribution in [2.75, 3.05) is 25.1 Å². The van der Waals surface area contributed by atoms with Gasteiger partial charge in [-0.15, -0.1) is 0 Å². The third-order valence-electron chi connectivity index (χ3n) is 6.57. The summed E-state index contributed by atoms with van der Waals surface area (Å²) in [4.78, 5) is 31.5. The molecule has 2 aromatic carbocycles. The number of ether oxygens (including phenoxy) is 1. The summed E-state index contributed by atoms with van der Waals surface area (Å²) in [5.41, 5.74) is 3.30. The highest BCUT2D eigenvalue weighted by atomic mass is 32.2. The van der Waals surface area contributed by atoms with E-state index in [0.29, 0.717) is 27.9 Å². The lowest BCUT2D eigenvalue weighted by Crippen LogP contribution is -2.29. The van der Waals surface area contributed by atoms with E-state index in [1.807, 2.05) is 49.4 Å². The van der Waals surface area contributed by atoms with Crippen LogP contribution in [0, 0.1) is 0 Å². The number of amides is 1. The van der Waals surface area contributed by atoms with Gasteiger partial charge in [0.2, 0.25) is 0 Å². The fourth-order valence-electron chi connectivity index (χ4n) is 4.82. The number of carbonyl (C=O) groups is 1. The lowest BCUT2D eigenvalue weighted by atomic mass is 10.1. The van der Waals surface area contributed by atoms with Gasteiger partial charge in [-0.05, 0) is 49.6 Å². The van der Waals surface area contributed by atoms with Crippen molar-refractivity contribution in [3.8, 4) is 5.75 Å². The molecule has 2 aliphatic heterocycles. The fourth-order valence-corrected chi connectivity index (χ4v) is 6.05. The summed E-state index contributed by atoms with van der Waals surface area (Å²) in [6.07, 6.45) is 3.95. The Bertz CT molecular complexity index is 1390. The van der Waals surface area contributed by atoms with E-state index in [-0.39, 0.29) is 11.5 Å². The Morgan fingerprint density at radius 1 is 1.06 bits per heavy atom. The molecule has 2 fully saturated rings. The highest BCUT2D eigenvalue weighted by Crippen LogP contribution is 2.37. The Hall–Kier alpha value is -3.10. The molecular formula is C27H27N3O3S2. The number of methoxy groups -OCH3 is 1. The predicted octanol–water partition coefficient (Wildman–Crippen LogP) is 5.03. The van der Waals surface area contributed by atoms with Crippen LogP contribution in [-0.4, -0.2) is 39.9 Å². The number of hydrogen-bond acceptors (Lipinski definition) is 6. The van der Waals surface area contributed by atoms with E-state index in [2.05, 4.69) is 11.0 Å². The smallest absolute Gasteiger partial charge is 0.266 e. The van der Waals surface area contributed by atoms with Crippen LogP contribution in [0.4, 0.5) is 5.69 Å². The zero-order valence-corrected chi connectivity index (χ0v) is 21.5. The van der Waals surface area contributed by atoms with Crippen molar-refractivity contribution in [1.82, 2.24) is 9.47 Å². The number of nitrogens with zero attached hydrogens (tertiary/aromatic N) is 3. The molecule has 180 valence electrons. The van der Waals surface area contributed by atoms with E-state index < -0.39 is 0 Å². The average Bonchev–Trinajstić information content (AvgIpc) is 3.49. The zero-order valence-electron chi connectivity index (χ0n) is 19.8. The van der Waals surface area contributed by atoms with Gasteiger partial charge < -0.3 is 14.2 Å². The number of para-hydroxylation sites is 1. The van der Waals surface area contributed by atoms with E-state index in [9.17, 15) is 9.59 Å². The second-order valence-electron chi connectivity index (χ2n) is 8.64. The molecule has 0 radical (unpaired) electrons. The van der Waals surface area contributed by atoms with Gasteiger partial charge in [-0.2, -0.15) is 0 Å². The number of fused-ring (bicyclic) bond motifs is 1. The monoisotopic (exact) mass is 505 g/mol. The minimum absolute atomic E-state index is 0.0754. The molecule has 0 saturated carbocycles. The van der Waals surface area contributed by atoms with Crippen molar-refractivity contribution in [3.63, 3.8) is 0 Å². The van der Waals surface area contributed by atoms with Crippen LogP contribution in [0.2, 0.25) is 0 Å². The summed E-state index contributed by atoms with van der Waals surface area (Å²) in [5.74, 6) is 0.593. The minimum Gasteiger partial charge on any atom is -0.497 e. The zero-order chi connectivity index (χ0) is 24.5. The highest BCUT2D eigenvalue weighted by Gasteiger charge is 2.33. The maximum Gasteiger partial charge on any atom is 0.266 e. The molecule has 0 aliphatic carbocycles. The second-order valence-corrected chi connectivity index (χ2v) is 10.3. The number of anilines is 1. The highest BCUT2D eigenvalue weighted by molar-refractivity contribution is 8.26. The summed E-state index contributed by atoms with van der Waals surface area (Å²) in [6, 6.07) is 15.6. The van der Waals surface area contributed by atoms with Crippen molar-refractivity contribution in [3.05, 3.63) is 74.9 Å². The van der Waals surface area contributed by atoms with Crippen LogP contribution in [0.1, 0.15) is 30.9 Å². The fraction of sp³-hybridized carbons (Fsp3) is 0.296. The number of thiocarbonyl (C=S) groups is 1. The Balaban J connectivity index is 1.58. The molecule has 6 nitrogen and oxygen atoms in total. The van der Waals surface area contributed by atoms with Crippen molar-refractivity contribution in [2.45, 2.75) is 32.9 Å². The van der Waals surface area contributed by atoms with E-state index in [0.717, 1.165) is 53.8 Å². The molecule has 1 amide bonds. The van der Waals surface area contributed by atoms with E-state index in [1.165, 1.54) is 11.8 Å². The second kappa shape index (κ2) is 9.87. The predicted molar refractivity (Wildman–Crippen MR) is 147 cm³/mol. The first-order chi connectivity index (χ1) is 17.0. The maximum absolute atomic E-state index is 13.7. The molecule has 3 heterocycles. The van der Waals surface area contributed by atoms with Gasteiger partial charge in [-0.25, -0.2) is 0 Å². The van der Waals surface area contributed by atoms with Crippen LogP contribution in [0.15, 0.2) is 58.2 Å². The normalized spacial score (nSPS) is 17.3. The lowest BCUT2D eigenvalue weighted by Gasteiger charge is -2.24. The molecule has 0 atom stereocenters. The summed E-state index contributed by atoms with van der Waals surface area (Å²) < 4.78 is 7.51. The molecule has 2 aliphatic rings. The van der Waals surface area contributed by atoms with Crippen molar-refractivity contribution >= 4 is 56.9 Å². The molecule has 0 unspecified atom stereocenters. The molecule has 5 rings (SSSR count). The van der Waals surface area contributed by atoms with Gasteiger partial charge in [0.05, 0.1) is 35.3 Å². The molecule has 35 heavy (non-hydrogen) atoms. The minimum atomic E-state index is -0.168. The van der Waals surface area contributed by atoms with Gasteiger partial charge in [0.15, 0.2) is 0 Å². The van der Waals surface area contributed by atoms with Gasteiger partial charge >= 0.3 is 0 Å². The van der Waals surface area contributed by atoms with Crippen LogP contribution in [-0.2, 0) is 17.9 Å². The number of benzene rings is 2. The van der Waals surface area contributed by atoms with E-state index in [1.54, 1.807) is 22.7 Å². The SMILES string of the molecule is CCn1c(=O)c(C=C2SC(=S)N(Cc3ccc(OC)cc3)C2=O)c(N2CCCC2)c2ccccc21. The summed E-state index contributed by atoms with van der Waals surface area (Å²) in [6.45, 7) is 4.71. The number of hydrogen-bond donors (Lipinski definition) is 0. The van der Waals surface area contributed by atoms with Crippen molar-refractivity contribution in [1.29, 1.82) is 0 Å². The van der Waals surface area contributed by atoms with Gasteiger partial charge in [-0.3, -0.25) is 14.5 Å². The first-order valence-electron chi connectivity index (χ1n) is 11.8. The van der Waals surface area contributed by atoms with Crippen molar-refractivity contribution < 1.29 is 9.53 Å². The van der Waals surface area contributed by atoms with Crippen LogP contribution in [0.3, 0.4) is 0 Å². The molecule has 3 aromatic rings. The third-order valence-corrected chi connectivity index (χ3v) is 7.95. The summed E-state index contributed by atoms with van der Waals surface area (Å²) >= 11 is 6.83. The largest absolute Gasteiger partial charge is 0.497 e. The van der Waals surface area contributed by atoms with E-state index in [4.69, 9.17) is 17.0 Å². The Labute approximate surface area is 214 Å². The standard InChI is InChI=1S/C27H27N3O3S2/c1-3-29-22-9-5-4-8-20(22)24(28-14-6-7-15-28)21(25(29)31)16-23-26(32)30(27(34)35-23)17-18-10-12-19(33-2)13-11-18/h4-5,8-13,16H,3,6-7,14-15,17H2,1-2H3. The molecule has 2 saturated heterocycles. The van der Waals surface area contributed by atoms with Gasteiger partial charge in [0.25, 0.3) is 11.5 Å². The Morgan fingerprint density at radius 2 is 1.77 bits per heavy atom. The molecule has 1 aromatic heterocycles. The molecule has 8 heteroatoms. The number of thioether (sulfide) groups is 1.